The second-order valence-electron chi connectivity index (χ2n) is 6.20. The summed E-state index contributed by atoms with van der Waals surface area (Å²) in [5, 5.41) is 17.3. The molecule has 1 aromatic rings. The van der Waals surface area contributed by atoms with Crippen molar-refractivity contribution < 1.29 is 9.94 Å². The molecule has 1 aliphatic heterocycles. The summed E-state index contributed by atoms with van der Waals surface area (Å²) in [7, 11) is 0. The van der Waals surface area contributed by atoms with Crippen molar-refractivity contribution in [2.45, 2.75) is 46.3 Å². The average molecular weight is 320 g/mol. The van der Waals surface area contributed by atoms with E-state index in [-0.39, 0.29) is 6.61 Å². The zero-order chi connectivity index (χ0) is 16.8. The van der Waals surface area contributed by atoms with Crippen molar-refractivity contribution in [2.24, 2.45) is 5.16 Å². The van der Waals surface area contributed by atoms with Crippen LogP contribution in [0.1, 0.15) is 38.4 Å². The Labute approximate surface area is 138 Å². The van der Waals surface area contributed by atoms with E-state index in [0.717, 1.165) is 42.3 Å². The first-order chi connectivity index (χ1) is 11.0. The molecule has 2 heterocycles. The van der Waals surface area contributed by atoms with Crippen LogP contribution in [0.4, 0.5) is 5.82 Å². The Bertz CT molecular complexity index is 545. The van der Waals surface area contributed by atoms with Gasteiger partial charge >= 0.3 is 0 Å². The molecule has 0 bridgehead atoms. The highest BCUT2D eigenvalue weighted by Gasteiger charge is 2.22. The number of hydrogen-bond acceptors (Lipinski definition) is 6. The Morgan fingerprint density at radius 3 is 2.91 bits per heavy atom. The topological polar surface area (TPSA) is 70.0 Å². The fourth-order valence-electron chi connectivity index (χ4n) is 2.53. The van der Waals surface area contributed by atoms with Gasteiger partial charge in [0.1, 0.15) is 18.5 Å². The second-order valence-corrected chi connectivity index (χ2v) is 6.20. The highest BCUT2D eigenvalue weighted by atomic mass is 16.6. The van der Waals surface area contributed by atoms with Crippen LogP contribution in [0.15, 0.2) is 17.3 Å². The van der Waals surface area contributed by atoms with Crippen LogP contribution in [0.25, 0.3) is 0 Å². The number of nitrogens with zero attached hydrogens (tertiary/aromatic N) is 3. The van der Waals surface area contributed by atoms with Crippen molar-refractivity contribution in [2.75, 3.05) is 31.1 Å². The number of rotatable bonds is 7. The molecule has 0 aromatic carbocycles. The minimum Gasteiger partial charge on any atom is -0.393 e. The van der Waals surface area contributed by atoms with Gasteiger partial charge in [0.15, 0.2) is 0 Å². The van der Waals surface area contributed by atoms with Crippen LogP contribution < -0.4 is 10.2 Å². The summed E-state index contributed by atoms with van der Waals surface area (Å²) < 4.78 is 0. The summed E-state index contributed by atoms with van der Waals surface area (Å²) in [4.78, 5) is 12.3. The molecule has 0 amide bonds. The number of pyridine rings is 1. The van der Waals surface area contributed by atoms with Gasteiger partial charge in [0.05, 0.1) is 5.71 Å². The maximum absolute atomic E-state index is 9.86. The largest absolute Gasteiger partial charge is 0.393 e. The van der Waals surface area contributed by atoms with Gasteiger partial charge in [-0.25, -0.2) is 4.98 Å². The van der Waals surface area contributed by atoms with E-state index in [2.05, 4.69) is 33.3 Å². The predicted octanol–water partition coefficient (Wildman–Crippen LogP) is 1.70. The molecule has 6 heteroatoms. The summed E-state index contributed by atoms with van der Waals surface area (Å²) in [5.41, 5.74) is 2.93. The van der Waals surface area contributed by atoms with E-state index in [1.807, 2.05) is 26.8 Å². The van der Waals surface area contributed by atoms with Crippen LogP contribution >= 0.6 is 0 Å². The lowest BCUT2D eigenvalue weighted by Crippen LogP contribution is -2.35. The van der Waals surface area contributed by atoms with Crippen molar-refractivity contribution in [3.8, 4) is 0 Å². The molecule has 1 aliphatic rings. The number of hydrogen-bond donors (Lipinski definition) is 2. The lowest BCUT2D eigenvalue weighted by Gasteiger charge is -2.29. The third-order valence-electron chi connectivity index (χ3n) is 3.83. The summed E-state index contributed by atoms with van der Waals surface area (Å²) in [5.74, 6) is 0.975. The van der Waals surface area contributed by atoms with Crippen LogP contribution in [0.5, 0.6) is 0 Å². The van der Waals surface area contributed by atoms with E-state index in [9.17, 15) is 5.11 Å². The van der Waals surface area contributed by atoms with E-state index in [4.69, 9.17) is 4.84 Å². The number of oxime groups is 1. The molecular weight excluding hydrogens is 292 g/mol. The first kappa shape index (κ1) is 17.7. The molecule has 1 unspecified atom stereocenters. The summed E-state index contributed by atoms with van der Waals surface area (Å²) in [6.45, 7) is 10.7. The summed E-state index contributed by atoms with van der Waals surface area (Å²) in [6.07, 6.45) is 0.263. The molecule has 2 N–H and O–H groups in total. The maximum Gasteiger partial charge on any atom is 0.144 e. The zero-order valence-electron chi connectivity index (χ0n) is 14.5. The van der Waals surface area contributed by atoms with Crippen molar-refractivity contribution in [1.29, 1.82) is 0 Å². The van der Waals surface area contributed by atoms with Crippen molar-refractivity contribution in [3.63, 3.8) is 0 Å². The normalized spacial score (nSPS) is 17.5. The van der Waals surface area contributed by atoms with Gasteiger partial charge in [-0.15, -0.1) is 0 Å². The van der Waals surface area contributed by atoms with Gasteiger partial charge in [-0.1, -0.05) is 19.0 Å². The van der Waals surface area contributed by atoms with Crippen molar-refractivity contribution >= 4 is 11.5 Å². The van der Waals surface area contributed by atoms with Gasteiger partial charge in [0.2, 0.25) is 0 Å². The molecule has 0 saturated carbocycles. The van der Waals surface area contributed by atoms with Gasteiger partial charge < -0.3 is 20.2 Å². The smallest absolute Gasteiger partial charge is 0.144 e. The average Bonchev–Trinajstić information content (AvgIpc) is 2.52. The first-order valence-electron chi connectivity index (χ1n) is 8.34. The highest BCUT2D eigenvalue weighted by molar-refractivity contribution is 6.05. The van der Waals surface area contributed by atoms with Crippen LogP contribution in [0.3, 0.4) is 0 Å². The van der Waals surface area contributed by atoms with Crippen LogP contribution in [-0.4, -0.2) is 54.2 Å². The lowest BCUT2D eigenvalue weighted by molar-refractivity contribution is 0.0392. The number of anilines is 1. The molecule has 0 fully saturated rings. The van der Waals surface area contributed by atoms with Crippen LogP contribution in [0.2, 0.25) is 0 Å². The molecule has 23 heavy (non-hydrogen) atoms. The molecule has 2 rings (SSSR count). The molecule has 6 nitrogen and oxygen atoms in total. The SMILES string of the molecule is CCN1CC/C(=N\OCC(O)CNC(C)C)c2ccc(C)nc21. The Morgan fingerprint density at radius 2 is 2.22 bits per heavy atom. The van der Waals surface area contributed by atoms with E-state index < -0.39 is 6.10 Å². The fraction of sp³-hybridized carbons (Fsp3) is 0.647. The quantitative estimate of drug-likeness (QED) is 0.748. The molecule has 0 radical (unpaired) electrons. The van der Waals surface area contributed by atoms with Gasteiger partial charge in [-0.05, 0) is 26.0 Å². The van der Waals surface area contributed by atoms with E-state index in [1.54, 1.807) is 0 Å². The number of aliphatic hydroxyl groups excluding tert-OH is 1. The first-order valence-corrected chi connectivity index (χ1v) is 8.34. The summed E-state index contributed by atoms with van der Waals surface area (Å²) in [6, 6.07) is 4.39. The minimum absolute atomic E-state index is 0.190. The predicted molar refractivity (Wildman–Crippen MR) is 93.1 cm³/mol. The standard InChI is InChI=1S/C17H28N4O2/c1-5-21-9-8-16(15-7-6-13(4)19-17(15)21)20-23-11-14(22)10-18-12(2)3/h6-7,12,14,18,22H,5,8-11H2,1-4H3/b20-16+. The second kappa shape index (κ2) is 8.26. The van der Waals surface area contributed by atoms with Crippen LogP contribution in [0, 0.1) is 6.92 Å². The van der Waals surface area contributed by atoms with Gasteiger partial charge in [0.25, 0.3) is 0 Å². The Hall–Kier alpha value is -1.66. The van der Waals surface area contributed by atoms with Gasteiger partial charge in [-0.2, -0.15) is 0 Å². The fourth-order valence-corrected chi connectivity index (χ4v) is 2.53. The molecule has 1 aromatic heterocycles. The van der Waals surface area contributed by atoms with Gasteiger partial charge in [-0.3, -0.25) is 0 Å². The van der Waals surface area contributed by atoms with Crippen LogP contribution in [-0.2, 0) is 4.84 Å². The Kier molecular flexibility index (Phi) is 6.36. The van der Waals surface area contributed by atoms with Gasteiger partial charge in [0, 0.05) is 43.4 Å². The highest BCUT2D eigenvalue weighted by Crippen LogP contribution is 2.25. The van der Waals surface area contributed by atoms with Crippen molar-refractivity contribution in [1.82, 2.24) is 10.3 Å². The van der Waals surface area contributed by atoms with E-state index in [1.165, 1.54) is 0 Å². The molecule has 0 spiro atoms. The summed E-state index contributed by atoms with van der Waals surface area (Å²) >= 11 is 0. The Balaban J connectivity index is 2.00. The van der Waals surface area contributed by atoms with E-state index >= 15 is 0 Å². The maximum atomic E-state index is 9.86. The molecule has 0 saturated heterocycles. The third-order valence-corrected chi connectivity index (χ3v) is 3.83. The third kappa shape index (κ3) is 4.91. The molecule has 0 aliphatic carbocycles. The number of aromatic nitrogens is 1. The minimum atomic E-state index is -0.562. The number of nitrogens with one attached hydrogen (secondary N) is 1. The number of aliphatic hydroxyl groups is 1. The number of aryl methyl sites for hydroxylation is 1. The Morgan fingerprint density at radius 1 is 1.43 bits per heavy atom. The molecule has 128 valence electrons. The van der Waals surface area contributed by atoms with Crippen molar-refractivity contribution in [3.05, 3.63) is 23.4 Å². The monoisotopic (exact) mass is 320 g/mol. The molecular formula is C17H28N4O2. The van der Waals surface area contributed by atoms with E-state index in [0.29, 0.717) is 12.6 Å². The lowest BCUT2D eigenvalue weighted by atomic mass is 10.0. The number of fused-ring (bicyclic) bond motifs is 1. The molecule has 1 atom stereocenters. The zero-order valence-corrected chi connectivity index (χ0v) is 14.5.